The number of amides is 1. The third-order valence-corrected chi connectivity index (χ3v) is 5.56. The zero-order valence-electron chi connectivity index (χ0n) is 10.4. The summed E-state index contributed by atoms with van der Waals surface area (Å²) in [5.74, 6) is -0.845. The van der Waals surface area contributed by atoms with Gasteiger partial charge in [-0.05, 0) is 40.8 Å². The Morgan fingerprint density at radius 3 is 2.71 bits per heavy atom. The molecule has 0 saturated carbocycles. The van der Waals surface area contributed by atoms with Gasteiger partial charge in [0.1, 0.15) is 5.82 Å². The Hall–Kier alpha value is -1.34. The number of benzene rings is 1. The zero-order chi connectivity index (χ0) is 15.6. The summed E-state index contributed by atoms with van der Waals surface area (Å²) in [5.41, 5.74) is 0.230. The lowest BCUT2D eigenvalue weighted by atomic mass is 10.3. The van der Waals surface area contributed by atoms with Gasteiger partial charge in [0.2, 0.25) is 11.0 Å². The number of carbonyl (C=O) groups excluding carboxylic acids is 1. The molecule has 1 amide bonds. The number of nitrogens with zero attached hydrogens (tertiary/aromatic N) is 2. The lowest BCUT2D eigenvalue weighted by Crippen LogP contribution is -2.13. The topological polar surface area (TPSA) is 101 Å². The van der Waals surface area contributed by atoms with Crippen molar-refractivity contribution in [3.8, 4) is 0 Å². The summed E-state index contributed by atoms with van der Waals surface area (Å²) in [6, 6.07) is 3.65. The molecule has 0 spiro atoms. The molecule has 11 heteroatoms. The van der Waals surface area contributed by atoms with E-state index in [4.69, 9.17) is 0 Å². The van der Waals surface area contributed by atoms with Crippen molar-refractivity contribution in [2.45, 2.75) is 11.3 Å². The van der Waals surface area contributed by atoms with Crippen LogP contribution in [0.5, 0.6) is 0 Å². The van der Waals surface area contributed by atoms with Crippen LogP contribution in [0.2, 0.25) is 0 Å². The van der Waals surface area contributed by atoms with E-state index < -0.39 is 15.8 Å². The highest BCUT2D eigenvalue weighted by molar-refractivity contribution is 14.1. The molecule has 1 aromatic heterocycles. The summed E-state index contributed by atoms with van der Waals surface area (Å²) in [6.45, 7) is 1.27. The van der Waals surface area contributed by atoms with Crippen molar-refractivity contribution in [2.75, 3.05) is 10.0 Å². The molecule has 0 aliphatic rings. The van der Waals surface area contributed by atoms with E-state index in [0.29, 0.717) is 14.9 Å². The van der Waals surface area contributed by atoms with Crippen LogP contribution in [-0.2, 0) is 14.8 Å². The molecule has 0 unspecified atom stereocenters. The first-order chi connectivity index (χ1) is 9.78. The fraction of sp³-hybridized carbons (Fsp3) is 0.100. The molecule has 0 fully saturated rings. The highest BCUT2D eigenvalue weighted by atomic mass is 127. The molecule has 2 rings (SSSR count). The fourth-order valence-electron chi connectivity index (χ4n) is 1.28. The maximum absolute atomic E-state index is 13.0. The predicted molar refractivity (Wildman–Crippen MR) is 84.1 cm³/mol. The minimum Gasteiger partial charge on any atom is -0.301 e. The minimum atomic E-state index is -3.95. The van der Waals surface area contributed by atoms with Gasteiger partial charge in [-0.15, -0.1) is 10.2 Å². The lowest BCUT2D eigenvalue weighted by molar-refractivity contribution is -0.114. The number of anilines is 2. The number of hydrogen-bond acceptors (Lipinski definition) is 6. The number of hydrogen-bond donors (Lipinski definition) is 2. The molecule has 0 radical (unpaired) electrons. The molecular weight excluding hydrogens is 434 g/mol. The summed E-state index contributed by atoms with van der Waals surface area (Å²) in [4.78, 5) is 10.9. The minimum absolute atomic E-state index is 0.0803. The van der Waals surface area contributed by atoms with Crippen LogP contribution in [0.4, 0.5) is 15.2 Å². The quantitative estimate of drug-likeness (QED) is 0.558. The van der Waals surface area contributed by atoms with E-state index in [-0.39, 0.29) is 21.1 Å². The molecule has 2 aromatic rings. The Kier molecular flexibility index (Phi) is 4.73. The van der Waals surface area contributed by atoms with Crippen molar-refractivity contribution < 1.29 is 17.6 Å². The van der Waals surface area contributed by atoms with Crippen molar-refractivity contribution >= 4 is 60.7 Å². The van der Waals surface area contributed by atoms with Crippen LogP contribution in [0.3, 0.4) is 0 Å². The summed E-state index contributed by atoms with van der Waals surface area (Å²) in [5, 5.41) is 9.49. The fourth-order valence-corrected chi connectivity index (χ4v) is 4.10. The maximum atomic E-state index is 13.0. The molecule has 7 nitrogen and oxygen atoms in total. The smallest absolute Gasteiger partial charge is 0.291 e. The first kappa shape index (κ1) is 16.0. The van der Waals surface area contributed by atoms with Crippen LogP contribution >= 0.6 is 33.9 Å². The molecule has 21 heavy (non-hydrogen) atoms. The average molecular weight is 442 g/mol. The molecule has 1 aromatic carbocycles. The van der Waals surface area contributed by atoms with Gasteiger partial charge in [-0.2, -0.15) is 8.42 Å². The molecule has 2 N–H and O–H groups in total. The number of sulfonamides is 1. The number of carbonyl (C=O) groups is 1. The van der Waals surface area contributed by atoms with Crippen molar-refractivity contribution in [1.29, 1.82) is 0 Å². The van der Waals surface area contributed by atoms with Crippen LogP contribution < -0.4 is 10.0 Å². The largest absolute Gasteiger partial charge is 0.301 e. The number of halogens is 2. The summed E-state index contributed by atoms with van der Waals surface area (Å²) in [7, 11) is -3.95. The Balaban J connectivity index is 2.25. The van der Waals surface area contributed by atoms with E-state index >= 15 is 0 Å². The average Bonchev–Trinajstić information content (AvgIpc) is 2.81. The molecule has 0 atom stereocenters. The monoisotopic (exact) mass is 442 g/mol. The standard InChI is InChI=1S/C10H8FIN4O3S2/c1-5(17)13-9-14-15-10(20-9)21(18,19)16-8-3-2-6(11)4-7(8)12/h2-4,16H,1H3,(H,13,14,17). The third-order valence-electron chi connectivity index (χ3n) is 2.09. The van der Waals surface area contributed by atoms with Gasteiger partial charge in [-0.1, -0.05) is 11.3 Å². The Labute approximate surface area is 137 Å². The predicted octanol–water partition coefficient (Wildman–Crippen LogP) is 2.04. The first-order valence-electron chi connectivity index (χ1n) is 5.37. The van der Waals surface area contributed by atoms with Crippen LogP contribution in [0.25, 0.3) is 0 Å². The van der Waals surface area contributed by atoms with Gasteiger partial charge in [0.15, 0.2) is 0 Å². The van der Waals surface area contributed by atoms with E-state index in [2.05, 4.69) is 20.2 Å². The Morgan fingerprint density at radius 1 is 1.38 bits per heavy atom. The Bertz CT molecular complexity index is 793. The third kappa shape index (κ3) is 4.07. The van der Waals surface area contributed by atoms with Gasteiger partial charge >= 0.3 is 0 Å². The molecule has 112 valence electrons. The Morgan fingerprint density at radius 2 is 2.10 bits per heavy atom. The molecule has 0 bridgehead atoms. The first-order valence-corrected chi connectivity index (χ1v) is 8.75. The van der Waals surface area contributed by atoms with Gasteiger partial charge in [0.05, 0.1) is 5.69 Å². The molecule has 0 aliphatic carbocycles. The SMILES string of the molecule is CC(=O)Nc1nnc(S(=O)(=O)Nc2ccc(F)cc2I)s1. The van der Waals surface area contributed by atoms with Gasteiger partial charge in [-0.3, -0.25) is 9.52 Å². The van der Waals surface area contributed by atoms with Gasteiger partial charge in [0.25, 0.3) is 14.4 Å². The zero-order valence-corrected chi connectivity index (χ0v) is 14.2. The number of rotatable bonds is 4. The second-order valence-electron chi connectivity index (χ2n) is 3.78. The molecular formula is C10H8FIN4O3S2. The summed E-state index contributed by atoms with van der Waals surface area (Å²) in [6.07, 6.45) is 0. The number of aromatic nitrogens is 2. The summed E-state index contributed by atoms with van der Waals surface area (Å²) < 4.78 is 39.6. The van der Waals surface area contributed by atoms with Crippen molar-refractivity contribution in [1.82, 2.24) is 10.2 Å². The second kappa shape index (κ2) is 6.19. The highest BCUT2D eigenvalue weighted by Crippen LogP contribution is 2.25. The lowest BCUT2D eigenvalue weighted by Gasteiger charge is -2.07. The molecule has 1 heterocycles. The van der Waals surface area contributed by atoms with Crippen LogP contribution in [0.1, 0.15) is 6.92 Å². The maximum Gasteiger partial charge on any atom is 0.291 e. The molecule has 0 aliphatic heterocycles. The van der Waals surface area contributed by atoms with Crippen LogP contribution in [-0.4, -0.2) is 24.5 Å². The van der Waals surface area contributed by atoms with Crippen LogP contribution in [0, 0.1) is 9.39 Å². The van der Waals surface area contributed by atoms with Crippen molar-refractivity contribution in [3.05, 3.63) is 27.6 Å². The van der Waals surface area contributed by atoms with E-state index in [0.717, 1.165) is 6.07 Å². The van der Waals surface area contributed by atoms with E-state index in [1.807, 2.05) is 22.6 Å². The van der Waals surface area contributed by atoms with Crippen molar-refractivity contribution in [2.24, 2.45) is 0 Å². The second-order valence-corrected chi connectivity index (χ2v) is 7.78. The van der Waals surface area contributed by atoms with E-state index in [1.54, 1.807) is 0 Å². The number of nitrogens with one attached hydrogen (secondary N) is 2. The molecule has 0 saturated heterocycles. The van der Waals surface area contributed by atoms with Gasteiger partial charge in [0, 0.05) is 10.5 Å². The van der Waals surface area contributed by atoms with Crippen molar-refractivity contribution in [3.63, 3.8) is 0 Å². The summed E-state index contributed by atoms with van der Waals surface area (Å²) >= 11 is 2.53. The normalized spacial score (nSPS) is 11.2. The van der Waals surface area contributed by atoms with E-state index in [9.17, 15) is 17.6 Å². The van der Waals surface area contributed by atoms with Gasteiger partial charge in [-0.25, -0.2) is 4.39 Å². The van der Waals surface area contributed by atoms with Gasteiger partial charge < -0.3 is 5.32 Å². The highest BCUT2D eigenvalue weighted by Gasteiger charge is 2.21. The van der Waals surface area contributed by atoms with Crippen LogP contribution in [0.15, 0.2) is 22.5 Å². The van der Waals surface area contributed by atoms with E-state index in [1.165, 1.54) is 19.1 Å².